The summed E-state index contributed by atoms with van der Waals surface area (Å²) in [6, 6.07) is 4.14. The molecule has 0 saturated heterocycles. The molecule has 0 aliphatic rings. The lowest BCUT2D eigenvalue weighted by atomic mass is 10.1. The average Bonchev–Trinajstić information content (AvgIpc) is 2.65. The molecular formula is C13H23NOS. The zero-order valence-corrected chi connectivity index (χ0v) is 11.4. The number of thioether (sulfide) groups is 1. The van der Waals surface area contributed by atoms with Crippen LogP contribution >= 0.6 is 11.8 Å². The van der Waals surface area contributed by atoms with Crippen LogP contribution in [0.25, 0.3) is 0 Å². The van der Waals surface area contributed by atoms with Crippen molar-refractivity contribution in [2.75, 3.05) is 12.8 Å². The number of nitrogens with one attached hydrogen (secondary N) is 1. The summed E-state index contributed by atoms with van der Waals surface area (Å²) < 4.78 is 5.67. The third-order valence-electron chi connectivity index (χ3n) is 2.44. The molecular weight excluding hydrogens is 218 g/mol. The second-order valence-electron chi connectivity index (χ2n) is 4.51. The van der Waals surface area contributed by atoms with Crippen molar-refractivity contribution >= 4 is 11.8 Å². The van der Waals surface area contributed by atoms with Crippen molar-refractivity contribution in [3.05, 3.63) is 23.7 Å². The molecule has 0 spiro atoms. The van der Waals surface area contributed by atoms with Gasteiger partial charge in [-0.3, -0.25) is 0 Å². The van der Waals surface area contributed by atoms with Gasteiger partial charge in [-0.25, -0.2) is 0 Å². The van der Waals surface area contributed by atoms with Crippen LogP contribution in [0.1, 0.15) is 38.2 Å². The molecule has 1 rings (SSSR count). The van der Waals surface area contributed by atoms with Crippen molar-refractivity contribution in [2.45, 2.75) is 39.0 Å². The first-order valence-electron chi connectivity index (χ1n) is 5.99. The molecule has 0 unspecified atom stereocenters. The minimum atomic E-state index is 0.804. The molecule has 0 aliphatic heterocycles. The van der Waals surface area contributed by atoms with Crippen LogP contribution in [-0.4, -0.2) is 12.8 Å². The molecule has 1 aromatic rings. The van der Waals surface area contributed by atoms with Crippen molar-refractivity contribution in [3.63, 3.8) is 0 Å². The lowest BCUT2D eigenvalue weighted by Gasteiger charge is -2.05. The normalized spacial score (nSPS) is 11.2. The molecule has 1 N–H and O–H groups in total. The van der Waals surface area contributed by atoms with E-state index >= 15 is 0 Å². The fourth-order valence-corrected chi connectivity index (χ4v) is 2.02. The molecule has 1 heterocycles. The smallest absolute Gasteiger partial charge is 0.117 e. The van der Waals surface area contributed by atoms with Crippen LogP contribution in [-0.2, 0) is 12.3 Å². The summed E-state index contributed by atoms with van der Waals surface area (Å²) in [5, 5.41) is 3.41. The topological polar surface area (TPSA) is 25.2 Å². The van der Waals surface area contributed by atoms with Crippen LogP contribution in [0, 0.1) is 5.92 Å². The lowest BCUT2D eigenvalue weighted by Crippen LogP contribution is -2.14. The van der Waals surface area contributed by atoms with Crippen molar-refractivity contribution in [3.8, 4) is 0 Å². The monoisotopic (exact) mass is 241 g/mol. The standard InChI is InChI=1S/C13H23NOS/c1-11(2)5-4-8-14-9-12-6-7-13(15-12)10-16-3/h6-7,11,14H,4-5,8-10H2,1-3H3. The fraction of sp³-hybridized carbons (Fsp3) is 0.692. The van der Waals surface area contributed by atoms with Gasteiger partial charge in [0.05, 0.1) is 12.3 Å². The summed E-state index contributed by atoms with van der Waals surface area (Å²) in [5.74, 6) is 3.89. The SMILES string of the molecule is CSCc1ccc(CNCCCC(C)C)o1. The van der Waals surface area contributed by atoms with Crippen molar-refractivity contribution in [1.82, 2.24) is 5.32 Å². The highest BCUT2D eigenvalue weighted by molar-refractivity contribution is 7.97. The summed E-state index contributed by atoms with van der Waals surface area (Å²) in [5.41, 5.74) is 0. The Balaban J connectivity index is 2.12. The number of hydrogen-bond donors (Lipinski definition) is 1. The molecule has 16 heavy (non-hydrogen) atoms. The van der Waals surface area contributed by atoms with Gasteiger partial charge in [-0.1, -0.05) is 13.8 Å². The molecule has 3 heteroatoms. The van der Waals surface area contributed by atoms with Gasteiger partial charge in [0.25, 0.3) is 0 Å². The number of hydrogen-bond acceptors (Lipinski definition) is 3. The number of rotatable bonds is 8. The maximum atomic E-state index is 5.67. The first kappa shape index (κ1) is 13.7. The maximum Gasteiger partial charge on any atom is 0.117 e. The van der Waals surface area contributed by atoms with Gasteiger partial charge in [0.1, 0.15) is 11.5 Å². The summed E-state index contributed by atoms with van der Waals surface area (Å²) in [6.07, 6.45) is 4.63. The Bertz CT molecular complexity index is 283. The van der Waals surface area contributed by atoms with E-state index in [2.05, 4.69) is 37.6 Å². The van der Waals surface area contributed by atoms with E-state index in [4.69, 9.17) is 4.42 Å². The third-order valence-corrected chi connectivity index (χ3v) is 3.01. The summed E-state index contributed by atoms with van der Waals surface area (Å²) in [4.78, 5) is 0. The molecule has 0 aromatic carbocycles. The van der Waals surface area contributed by atoms with Crippen molar-refractivity contribution < 1.29 is 4.42 Å². The van der Waals surface area contributed by atoms with Gasteiger partial charge in [-0.15, -0.1) is 0 Å². The zero-order valence-electron chi connectivity index (χ0n) is 10.6. The molecule has 92 valence electrons. The van der Waals surface area contributed by atoms with E-state index in [-0.39, 0.29) is 0 Å². The molecule has 1 aromatic heterocycles. The first-order chi connectivity index (χ1) is 7.72. The van der Waals surface area contributed by atoms with E-state index < -0.39 is 0 Å². The number of furan rings is 1. The van der Waals surface area contributed by atoms with Crippen LogP contribution in [0.4, 0.5) is 0 Å². The largest absolute Gasteiger partial charge is 0.464 e. The maximum absolute atomic E-state index is 5.67. The predicted octanol–water partition coefficient (Wildman–Crippen LogP) is 3.67. The van der Waals surface area contributed by atoms with E-state index in [9.17, 15) is 0 Å². The molecule has 0 amide bonds. The van der Waals surface area contributed by atoms with Crippen LogP contribution in [0.5, 0.6) is 0 Å². The Labute approximate surface area is 103 Å². The lowest BCUT2D eigenvalue weighted by molar-refractivity contribution is 0.451. The van der Waals surface area contributed by atoms with Gasteiger partial charge in [0.2, 0.25) is 0 Å². The quantitative estimate of drug-likeness (QED) is 0.703. The second-order valence-corrected chi connectivity index (χ2v) is 5.38. The van der Waals surface area contributed by atoms with Crippen molar-refractivity contribution in [1.29, 1.82) is 0 Å². The Morgan fingerprint density at radius 1 is 1.31 bits per heavy atom. The summed E-state index contributed by atoms with van der Waals surface area (Å²) in [6.45, 7) is 6.46. The van der Waals surface area contributed by atoms with Gasteiger partial charge in [0, 0.05) is 0 Å². The third kappa shape index (κ3) is 5.61. The zero-order chi connectivity index (χ0) is 11.8. The Kier molecular flexibility index (Phi) is 6.65. The van der Waals surface area contributed by atoms with Gasteiger partial charge in [-0.2, -0.15) is 11.8 Å². The molecule has 2 nitrogen and oxygen atoms in total. The van der Waals surface area contributed by atoms with Crippen LogP contribution < -0.4 is 5.32 Å². The highest BCUT2D eigenvalue weighted by atomic mass is 32.2. The molecule has 0 saturated carbocycles. The minimum Gasteiger partial charge on any atom is -0.464 e. The van der Waals surface area contributed by atoms with Gasteiger partial charge in [0.15, 0.2) is 0 Å². The molecule has 0 bridgehead atoms. The van der Waals surface area contributed by atoms with Gasteiger partial charge >= 0.3 is 0 Å². The highest BCUT2D eigenvalue weighted by Gasteiger charge is 2.01. The van der Waals surface area contributed by atoms with E-state index in [1.807, 2.05) is 0 Å². The van der Waals surface area contributed by atoms with Crippen LogP contribution in [0.3, 0.4) is 0 Å². The second kappa shape index (κ2) is 7.80. The van der Waals surface area contributed by atoms with E-state index in [0.29, 0.717) is 0 Å². The highest BCUT2D eigenvalue weighted by Crippen LogP contribution is 2.13. The molecule has 0 aliphatic carbocycles. The van der Waals surface area contributed by atoms with Crippen molar-refractivity contribution in [2.24, 2.45) is 5.92 Å². The Morgan fingerprint density at radius 3 is 2.75 bits per heavy atom. The minimum absolute atomic E-state index is 0.804. The van der Waals surface area contributed by atoms with E-state index in [1.54, 1.807) is 11.8 Å². The fourth-order valence-electron chi connectivity index (χ4n) is 1.58. The van der Waals surface area contributed by atoms with Gasteiger partial charge < -0.3 is 9.73 Å². The van der Waals surface area contributed by atoms with E-state index in [0.717, 1.165) is 36.3 Å². The van der Waals surface area contributed by atoms with Crippen LogP contribution in [0.15, 0.2) is 16.5 Å². The molecule has 0 fully saturated rings. The van der Waals surface area contributed by atoms with Crippen LogP contribution in [0.2, 0.25) is 0 Å². The summed E-state index contributed by atoms with van der Waals surface area (Å²) in [7, 11) is 0. The average molecular weight is 241 g/mol. The van der Waals surface area contributed by atoms with Gasteiger partial charge in [-0.05, 0) is 43.7 Å². The summed E-state index contributed by atoms with van der Waals surface area (Å²) >= 11 is 1.79. The first-order valence-corrected chi connectivity index (χ1v) is 7.39. The Morgan fingerprint density at radius 2 is 2.06 bits per heavy atom. The van der Waals surface area contributed by atoms with E-state index in [1.165, 1.54) is 12.8 Å². The molecule has 0 atom stereocenters. The Hall–Kier alpha value is -0.410. The molecule has 0 radical (unpaired) electrons. The predicted molar refractivity (Wildman–Crippen MR) is 71.7 cm³/mol.